The minimum Gasteiger partial charge on any atom is -0.496 e. The van der Waals surface area contributed by atoms with E-state index >= 15 is 0 Å². The van der Waals surface area contributed by atoms with Crippen LogP contribution in [0.5, 0.6) is 5.75 Å². The third-order valence-corrected chi connectivity index (χ3v) is 7.31. The Bertz CT molecular complexity index is 1480. The van der Waals surface area contributed by atoms with Gasteiger partial charge in [0.25, 0.3) is 0 Å². The summed E-state index contributed by atoms with van der Waals surface area (Å²) in [5, 5.41) is 29.3. The second kappa shape index (κ2) is 14.4. The molecule has 0 amide bonds. The van der Waals surface area contributed by atoms with E-state index in [2.05, 4.69) is 43.0 Å². The maximum absolute atomic E-state index is 9.84. The Balaban J connectivity index is 1.87. The number of rotatable bonds is 11. The maximum atomic E-state index is 9.84. The van der Waals surface area contributed by atoms with Crippen LogP contribution < -0.4 is 20.1 Å². The molecular formula is C32H32N4OS. The molecule has 5 nitrogen and oxygen atoms in total. The molecule has 0 saturated carbocycles. The molecule has 0 aliphatic heterocycles. The van der Waals surface area contributed by atoms with Crippen LogP contribution in [-0.2, 0) is 0 Å². The summed E-state index contributed by atoms with van der Waals surface area (Å²) in [6.07, 6.45) is 8.75. The molecule has 0 bridgehead atoms. The van der Waals surface area contributed by atoms with Gasteiger partial charge in [0.15, 0.2) is 0 Å². The smallest absolute Gasteiger partial charge is 0.136 e. The van der Waals surface area contributed by atoms with E-state index in [0.29, 0.717) is 10.8 Å². The molecule has 0 unspecified atom stereocenters. The zero-order chi connectivity index (χ0) is 27.3. The lowest BCUT2D eigenvalue weighted by Gasteiger charge is -2.25. The van der Waals surface area contributed by atoms with Gasteiger partial charge >= 0.3 is 0 Å². The number of hydrogen-bond acceptors (Lipinski definition) is 6. The fourth-order valence-electron chi connectivity index (χ4n) is 4.07. The van der Waals surface area contributed by atoms with Gasteiger partial charge in [-0.25, -0.2) is 0 Å². The lowest BCUT2D eigenvalue weighted by molar-refractivity contribution is 0.414. The van der Waals surface area contributed by atoms with Gasteiger partial charge in [0.1, 0.15) is 29.5 Å². The highest BCUT2D eigenvalue weighted by Gasteiger charge is 2.10. The Kier molecular flexibility index (Phi) is 10.7. The largest absolute Gasteiger partial charge is 0.496 e. The van der Waals surface area contributed by atoms with Crippen LogP contribution in [0, 0.1) is 34.0 Å². The van der Waals surface area contributed by atoms with Crippen molar-refractivity contribution in [2.45, 2.75) is 39.5 Å². The number of unbranched alkanes of at least 4 members (excludes halogenated alkanes) is 2. The molecule has 0 spiro atoms. The average molecular weight is 521 g/mol. The monoisotopic (exact) mass is 520 g/mol. The van der Waals surface area contributed by atoms with Gasteiger partial charge in [-0.05, 0) is 54.5 Å². The first kappa shape index (κ1) is 28.3. The molecule has 0 aliphatic carbocycles. The van der Waals surface area contributed by atoms with E-state index in [1.54, 1.807) is 31.4 Å². The highest BCUT2D eigenvalue weighted by Crippen LogP contribution is 2.29. The molecule has 0 fully saturated rings. The van der Waals surface area contributed by atoms with Gasteiger partial charge in [0.05, 0.1) is 12.7 Å². The normalized spacial score (nSPS) is 10.4. The third kappa shape index (κ3) is 7.13. The van der Waals surface area contributed by atoms with Gasteiger partial charge in [-0.15, -0.1) is 11.3 Å². The maximum Gasteiger partial charge on any atom is 0.136 e. The molecule has 3 aromatic rings. The van der Waals surface area contributed by atoms with Crippen molar-refractivity contribution in [1.82, 2.24) is 0 Å². The zero-order valence-electron chi connectivity index (χ0n) is 22.2. The van der Waals surface area contributed by atoms with E-state index in [-0.39, 0.29) is 5.57 Å². The van der Waals surface area contributed by atoms with Crippen molar-refractivity contribution in [3.63, 3.8) is 0 Å². The van der Waals surface area contributed by atoms with Crippen LogP contribution in [-0.4, -0.2) is 20.2 Å². The molecule has 38 heavy (non-hydrogen) atoms. The molecule has 2 aromatic carbocycles. The summed E-state index contributed by atoms with van der Waals surface area (Å²) in [5.41, 5.74) is 2.79. The Hall–Kier alpha value is -4.31. The number of thiophene rings is 1. The van der Waals surface area contributed by atoms with Crippen molar-refractivity contribution in [2.75, 3.05) is 25.1 Å². The van der Waals surface area contributed by atoms with E-state index in [4.69, 9.17) is 15.3 Å². The van der Waals surface area contributed by atoms with Gasteiger partial charge in [0.2, 0.25) is 0 Å². The molecule has 0 aliphatic rings. The topological polar surface area (TPSA) is 83.8 Å². The molecule has 1 heterocycles. The van der Waals surface area contributed by atoms with Crippen molar-refractivity contribution in [1.29, 1.82) is 15.8 Å². The minimum atomic E-state index is 0.0525. The Morgan fingerprint density at radius 2 is 1.50 bits per heavy atom. The predicted octanol–water partition coefficient (Wildman–Crippen LogP) is 6.25. The van der Waals surface area contributed by atoms with Gasteiger partial charge in [0, 0.05) is 45.4 Å². The van der Waals surface area contributed by atoms with E-state index in [0.717, 1.165) is 39.4 Å². The molecule has 3 rings (SSSR count). The van der Waals surface area contributed by atoms with Crippen LogP contribution >= 0.6 is 11.3 Å². The summed E-state index contributed by atoms with van der Waals surface area (Å²) in [4.78, 5) is 4.32. The molecule has 0 saturated heterocycles. The summed E-state index contributed by atoms with van der Waals surface area (Å²) in [6, 6.07) is 23.4. The number of nitrogens with zero attached hydrogens (tertiary/aromatic N) is 4. The fraction of sp³-hybridized carbons (Fsp3) is 0.281. The summed E-state index contributed by atoms with van der Waals surface area (Å²) >= 11 is 1.53. The highest BCUT2D eigenvalue weighted by molar-refractivity contribution is 7.14. The standard InChI is InChI=1S/C32H32N4OS/c1-4-6-18-36(19-7-5-2)28-14-12-26(31(20-28)37-3)13-15-29-16-17-32(38-29)30(23-35)25-10-8-24(9-11-25)27(21-33)22-34/h8-17,20H,4-7,18-19H2,1-3H3/b15-13+. The fourth-order valence-corrected chi connectivity index (χ4v) is 5.00. The third-order valence-electron chi connectivity index (χ3n) is 6.24. The number of anilines is 1. The molecule has 0 radical (unpaired) electrons. The van der Waals surface area contributed by atoms with Crippen LogP contribution in [0.25, 0.3) is 23.3 Å². The zero-order valence-corrected chi connectivity index (χ0v) is 23.0. The van der Waals surface area contributed by atoms with Crippen LogP contribution in [0.3, 0.4) is 0 Å². The molecular weight excluding hydrogens is 488 g/mol. The lowest BCUT2D eigenvalue weighted by atomic mass is 10.1. The summed E-state index contributed by atoms with van der Waals surface area (Å²) in [5.74, 6) is 0.837. The molecule has 0 N–H and O–H groups in total. The summed E-state index contributed by atoms with van der Waals surface area (Å²) < 4.78 is 5.73. The van der Waals surface area contributed by atoms with Crippen LogP contribution in [0.2, 0.25) is 0 Å². The number of nitriles is 3. The first-order valence-corrected chi connectivity index (χ1v) is 13.7. The van der Waals surface area contributed by atoms with Gasteiger partial charge in [-0.1, -0.05) is 51.0 Å². The quantitative estimate of drug-likeness (QED) is 0.298. The Morgan fingerprint density at radius 1 is 0.842 bits per heavy atom. The van der Waals surface area contributed by atoms with E-state index in [1.165, 1.54) is 42.7 Å². The van der Waals surface area contributed by atoms with Gasteiger partial charge in [-0.2, -0.15) is 15.8 Å². The SMILES string of the molecule is CCCCN(CCCC)c1ccc(/C=C/c2ccc(C(C#N)=c3ccc(=C(C#N)C#N)cc3)s2)c(OC)c1. The first-order chi connectivity index (χ1) is 18.6. The van der Waals surface area contributed by atoms with Crippen LogP contribution in [0.15, 0.2) is 54.6 Å². The number of hydrogen-bond donors (Lipinski definition) is 0. The second-order valence-electron chi connectivity index (χ2n) is 8.82. The summed E-state index contributed by atoms with van der Waals surface area (Å²) in [6.45, 7) is 6.53. The molecule has 6 heteroatoms. The average Bonchev–Trinajstić information content (AvgIpc) is 3.42. The van der Waals surface area contributed by atoms with E-state index < -0.39 is 0 Å². The number of benzene rings is 2. The summed E-state index contributed by atoms with van der Waals surface area (Å²) in [7, 11) is 1.70. The second-order valence-corrected chi connectivity index (χ2v) is 9.93. The molecule has 192 valence electrons. The van der Waals surface area contributed by atoms with E-state index in [1.807, 2.05) is 36.4 Å². The number of methoxy groups -OCH3 is 1. The van der Waals surface area contributed by atoms with Crippen molar-refractivity contribution in [3.8, 4) is 24.0 Å². The van der Waals surface area contributed by atoms with Crippen molar-refractivity contribution in [3.05, 3.63) is 80.4 Å². The highest BCUT2D eigenvalue weighted by atomic mass is 32.1. The van der Waals surface area contributed by atoms with Crippen LogP contribution in [0.4, 0.5) is 5.69 Å². The Labute approximate surface area is 229 Å². The van der Waals surface area contributed by atoms with Crippen molar-refractivity contribution in [2.24, 2.45) is 0 Å². The van der Waals surface area contributed by atoms with E-state index in [9.17, 15) is 5.26 Å². The van der Waals surface area contributed by atoms with Crippen molar-refractivity contribution < 1.29 is 4.74 Å². The van der Waals surface area contributed by atoms with Crippen LogP contribution in [0.1, 0.15) is 54.8 Å². The predicted molar refractivity (Wildman–Crippen MR) is 157 cm³/mol. The lowest BCUT2D eigenvalue weighted by Crippen LogP contribution is -2.25. The van der Waals surface area contributed by atoms with Gasteiger partial charge in [-0.3, -0.25) is 0 Å². The Morgan fingerprint density at radius 3 is 2.08 bits per heavy atom. The minimum absolute atomic E-state index is 0.0525. The van der Waals surface area contributed by atoms with Gasteiger partial charge < -0.3 is 9.64 Å². The molecule has 0 atom stereocenters. The first-order valence-electron chi connectivity index (χ1n) is 12.8. The van der Waals surface area contributed by atoms with Crippen molar-refractivity contribution >= 4 is 40.3 Å². The number of ether oxygens (including phenoxy) is 1. The molecule has 1 aromatic heterocycles.